The van der Waals surface area contributed by atoms with Gasteiger partial charge >= 0.3 is 0 Å². The van der Waals surface area contributed by atoms with Gasteiger partial charge in [-0.3, -0.25) is 4.79 Å². The Morgan fingerprint density at radius 2 is 1.76 bits per heavy atom. The van der Waals surface area contributed by atoms with Gasteiger partial charge in [-0.25, -0.2) is 0 Å². The van der Waals surface area contributed by atoms with Crippen molar-refractivity contribution in [3.8, 4) is 11.5 Å². The molecule has 0 saturated carbocycles. The van der Waals surface area contributed by atoms with Gasteiger partial charge in [-0.1, -0.05) is 30.3 Å². The van der Waals surface area contributed by atoms with E-state index < -0.39 is 5.97 Å². The maximum absolute atomic E-state index is 9.00. The van der Waals surface area contributed by atoms with Crippen LogP contribution in [0.2, 0.25) is 0 Å². The summed E-state index contributed by atoms with van der Waals surface area (Å²) in [6.45, 7) is 6.23. The SMILES string of the molecule is CC(=O)O.CCOc1cc2c(cc1OCc1ccccc1)CCNC2. The maximum Gasteiger partial charge on any atom is 0.300 e. The Hall–Kier alpha value is -2.53. The van der Waals surface area contributed by atoms with Gasteiger partial charge in [0.15, 0.2) is 11.5 Å². The minimum Gasteiger partial charge on any atom is -0.490 e. The molecule has 0 radical (unpaired) electrons. The lowest BCUT2D eigenvalue weighted by molar-refractivity contribution is -0.134. The molecule has 2 aromatic rings. The molecule has 0 aromatic heterocycles. The van der Waals surface area contributed by atoms with E-state index in [9.17, 15) is 0 Å². The van der Waals surface area contributed by atoms with Crippen molar-refractivity contribution in [1.82, 2.24) is 5.32 Å². The number of hydrogen-bond acceptors (Lipinski definition) is 4. The molecule has 1 aliphatic rings. The van der Waals surface area contributed by atoms with E-state index in [1.54, 1.807) is 0 Å². The smallest absolute Gasteiger partial charge is 0.300 e. The topological polar surface area (TPSA) is 67.8 Å². The van der Waals surface area contributed by atoms with Gasteiger partial charge in [-0.2, -0.15) is 0 Å². The molecule has 0 fully saturated rings. The lowest BCUT2D eigenvalue weighted by Crippen LogP contribution is -2.23. The Morgan fingerprint density at radius 3 is 2.44 bits per heavy atom. The van der Waals surface area contributed by atoms with Crippen LogP contribution in [0.4, 0.5) is 0 Å². The molecule has 2 aromatic carbocycles. The highest BCUT2D eigenvalue weighted by Crippen LogP contribution is 2.33. The van der Waals surface area contributed by atoms with Crippen molar-refractivity contribution in [3.05, 3.63) is 59.2 Å². The van der Waals surface area contributed by atoms with E-state index in [0.717, 1.165) is 37.9 Å². The van der Waals surface area contributed by atoms with Crippen LogP contribution in [0.3, 0.4) is 0 Å². The first-order valence-electron chi connectivity index (χ1n) is 8.45. The molecule has 1 heterocycles. The second kappa shape index (κ2) is 9.69. The van der Waals surface area contributed by atoms with Gasteiger partial charge in [0, 0.05) is 13.5 Å². The fraction of sp³-hybridized carbons (Fsp3) is 0.350. The Kier molecular flexibility index (Phi) is 7.29. The fourth-order valence-corrected chi connectivity index (χ4v) is 2.60. The third-order valence-corrected chi connectivity index (χ3v) is 3.69. The predicted molar refractivity (Wildman–Crippen MR) is 97.1 cm³/mol. The molecular formula is C20H25NO4. The Balaban J connectivity index is 0.000000511. The van der Waals surface area contributed by atoms with E-state index in [-0.39, 0.29) is 0 Å². The maximum atomic E-state index is 9.00. The fourth-order valence-electron chi connectivity index (χ4n) is 2.60. The van der Waals surface area contributed by atoms with Crippen molar-refractivity contribution in [1.29, 1.82) is 0 Å². The summed E-state index contributed by atoms with van der Waals surface area (Å²) in [6, 6.07) is 14.5. The van der Waals surface area contributed by atoms with Crippen LogP contribution in [0, 0.1) is 0 Å². The molecule has 2 N–H and O–H groups in total. The van der Waals surface area contributed by atoms with Crippen molar-refractivity contribution in [2.24, 2.45) is 0 Å². The lowest BCUT2D eigenvalue weighted by atomic mass is 10.0. The molecule has 25 heavy (non-hydrogen) atoms. The average molecular weight is 343 g/mol. The summed E-state index contributed by atoms with van der Waals surface area (Å²) >= 11 is 0. The van der Waals surface area contributed by atoms with E-state index >= 15 is 0 Å². The van der Waals surface area contributed by atoms with Crippen LogP contribution in [0.15, 0.2) is 42.5 Å². The molecule has 5 nitrogen and oxygen atoms in total. The van der Waals surface area contributed by atoms with Gasteiger partial charge in [-0.05, 0) is 48.7 Å². The first-order valence-corrected chi connectivity index (χ1v) is 8.45. The quantitative estimate of drug-likeness (QED) is 0.871. The van der Waals surface area contributed by atoms with Gasteiger partial charge in [-0.15, -0.1) is 0 Å². The number of aliphatic carboxylic acids is 1. The molecule has 0 aliphatic carbocycles. The van der Waals surface area contributed by atoms with Crippen LogP contribution in [0.1, 0.15) is 30.5 Å². The summed E-state index contributed by atoms with van der Waals surface area (Å²) in [4.78, 5) is 9.00. The highest BCUT2D eigenvalue weighted by molar-refractivity contribution is 5.62. The Morgan fingerprint density at radius 1 is 1.12 bits per heavy atom. The number of nitrogens with one attached hydrogen (secondary N) is 1. The van der Waals surface area contributed by atoms with Crippen LogP contribution in [0.5, 0.6) is 11.5 Å². The average Bonchev–Trinajstić information content (AvgIpc) is 2.60. The highest BCUT2D eigenvalue weighted by Gasteiger charge is 2.15. The second-order valence-corrected chi connectivity index (χ2v) is 5.72. The Labute approximate surface area is 148 Å². The summed E-state index contributed by atoms with van der Waals surface area (Å²) in [5.41, 5.74) is 3.84. The first kappa shape index (κ1) is 18.8. The summed E-state index contributed by atoms with van der Waals surface area (Å²) in [6.07, 6.45) is 1.05. The summed E-state index contributed by atoms with van der Waals surface area (Å²) in [7, 11) is 0. The van der Waals surface area contributed by atoms with Gasteiger partial charge in [0.2, 0.25) is 0 Å². The summed E-state index contributed by atoms with van der Waals surface area (Å²) < 4.78 is 11.7. The monoisotopic (exact) mass is 343 g/mol. The number of rotatable bonds is 5. The van der Waals surface area contributed by atoms with Crippen molar-refractivity contribution in [2.45, 2.75) is 33.4 Å². The third kappa shape index (κ3) is 6.12. The summed E-state index contributed by atoms with van der Waals surface area (Å²) in [5, 5.41) is 10.8. The molecule has 0 amide bonds. The molecule has 0 saturated heterocycles. The van der Waals surface area contributed by atoms with Crippen LogP contribution in [-0.2, 0) is 24.4 Å². The number of carboxylic acids is 1. The zero-order chi connectivity index (χ0) is 18.1. The highest BCUT2D eigenvalue weighted by atomic mass is 16.5. The number of fused-ring (bicyclic) bond motifs is 1. The van der Waals surface area contributed by atoms with Crippen LogP contribution < -0.4 is 14.8 Å². The van der Waals surface area contributed by atoms with E-state index in [1.165, 1.54) is 16.7 Å². The molecule has 134 valence electrons. The summed E-state index contributed by atoms with van der Waals surface area (Å²) in [5.74, 6) is 0.859. The Bertz CT molecular complexity index is 682. The number of carbonyl (C=O) groups is 1. The normalized spacial score (nSPS) is 12.4. The number of benzene rings is 2. The van der Waals surface area contributed by atoms with Crippen molar-refractivity contribution in [2.75, 3.05) is 13.2 Å². The van der Waals surface area contributed by atoms with Crippen LogP contribution in [0.25, 0.3) is 0 Å². The van der Waals surface area contributed by atoms with Crippen molar-refractivity contribution < 1.29 is 19.4 Å². The number of carboxylic acid groups (broad SMARTS) is 1. The largest absolute Gasteiger partial charge is 0.490 e. The molecule has 0 spiro atoms. The van der Waals surface area contributed by atoms with Crippen molar-refractivity contribution in [3.63, 3.8) is 0 Å². The minimum absolute atomic E-state index is 0.567. The van der Waals surface area contributed by atoms with Crippen LogP contribution >= 0.6 is 0 Å². The van der Waals surface area contributed by atoms with Gasteiger partial charge in [0.25, 0.3) is 5.97 Å². The van der Waals surface area contributed by atoms with Gasteiger partial charge < -0.3 is 19.9 Å². The molecule has 0 unspecified atom stereocenters. The standard InChI is InChI=1S/C18H21NO2.C2H4O2/c1-2-20-17-11-16-12-19-9-8-15(16)10-18(17)21-13-14-6-4-3-5-7-14;1-2(3)4/h3-7,10-11,19H,2,8-9,12-13H2,1H3;1H3,(H,3,4). The van der Waals surface area contributed by atoms with E-state index in [1.807, 2.05) is 25.1 Å². The molecule has 0 bridgehead atoms. The van der Waals surface area contributed by atoms with E-state index in [0.29, 0.717) is 13.2 Å². The zero-order valence-corrected chi connectivity index (χ0v) is 14.7. The molecular weight excluding hydrogens is 318 g/mol. The van der Waals surface area contributed by atoms with Gasteiger partial charge in [0.1, 0.15) is 6.61 Å². The van der Waals surface area contributed by atoms with Gasteiger partial charge in [0.05, 0.1) is 6.61 Å². The minimum atomic E-state index is -0.833. The molecule has 5 heteroatoms. The first-order chi connectivity index (χ1) is 12.1. The predicted octanol–water partition coefficient (Wildman–Crippen LogP) is 3.40. The molecule has 1 aliphatic heterocycles. The third-order valence-electron chi connectivity index (χ3n) is 3.69. The number of ether oxygens (including phenoxy) is 2. The zero-order valence-electron chi connectivity index (χ0n) is 14.7. The second-order valence-electron chi connectivity index (χ2n) is 5.72. The van der Waals surface area contributed by atoms with E-state index in [4.69, 9.17) is 19.4 Å². The molecule has 3 rings (SSSR count). The van der Waals surface area contributed by atoms with E-state index in [2.05, 4.69) is 29.6 Å². The molecule has 0 atom stereocenters. The lowest BCUT2D eigenvalue weighted by Gasteiger charge is -2.20. The van der Waals surface area contributed by atoms with Crippen molar-refractivity contribution >= 4 is 5.97 Å². The number of hydrogen-bond donors (Lipinski definition) is 2. The van der Waals surface area contributed by atoms with Crippen LogP contribution in [-0.4, -0.2) is 24.2 Å².